The van der Waals surface area contributed by atoms with Crippen LogP contribution in [0.5, 0.6) is 17.4 Å². The highest BCUT2D eigenvalue weighted by molar-refractivity contribution is 7.07. The lowest BCUT2D eigenvalue weighted by atomic mass is 9.95. The van der Waals surface area contributed by atoms with Gasteiger partial charge in [0.25, 0.3) is 11.1 Å². The number of rotatable bonds is 9. The Morgan fingerprint density at radius 1 is 1.12 bits per heavy atom. The van der Waals surface area contributed by atoms with Crippen molar-refractivity contribution in [2.45, 2.75) is 26.8 Å². The molecule has 0 saturated carbocycles. The zero-order valence-electron chi connectivity index (χ0n) is 22.4. The fourth-order valence-corrected chi connectivity index (χ4v) is 5.16. The van der Waals surface area contributed by atoms with Crippen LogP contribution < -0.4 is 35.6 Å². The Bertz CT molecular complexity index is 1850. The highest BCUT2D eigenvalue weighted by Gasteiger charge is 2.34. The molecule has 0 fully saturated rings. The Morgan fingerprint density at radius 2 is 1.88 bits per heavy atom. The van der Waals surface area contributed by atoms with Crippen LogP contribution >= 0.6 is 11.3 Å². The van der Waals surface area contributed by atoms with Crippen molar-refractivity contribution in [3.8, 4) is 17.4 Å². The normalized spacial score (nSPS) is 14.7. The van der Waals surface area contributed by atoms with Crippen molar-refractivity contribution in [2.75, 3.05) is 26.9 Å². The van der Waals surface area contributed by atoms with Crippen LogP contribution in [0.4, 0.5) is 0 Å². The second-order valence-electron chi connectivity index (χ2n) is 8.48. The van der Waals surface area contributed by atoms with Crippen LogP contribution in [-0.2, 0) is 19.1 Å². The molecular weight excluding hydrogens is 560 g/mol. The van der Waals surface area contributed by atoms with E-state index in [1.54, 1.807) is 32.9 Å². The van der Waals surface area contributed by atoms with Crippen molar-refractivity contribution in [3.63, 3.8) is 0 Å². The van der Waals surface area contributed by atoms with E-state index in [9.17, 15) is 29.1 Å². The summed E-state index contributed by atoms with van der Waals surface area (Å²) in [7, 11) is 1.23. The van der Waals surface area contributed by atoms with E-state index < -0.39 is 40.7 Å². The van der Waals surface area contributed by atoms with Gasteiger partial charge in [-0.3, -0.25) is 24.1 Å². The second-order valence-corrected chi connectivity index (χ2v) is 9.49. The molecule has 216 valence electrons. The highest BCUT2D eigenvalue weighted by Crippen LogP contribution is 2.36. The second kappa shape index (κ2) is 12.1. The molecule has 4 rings (SSSR count). The first-order chi connectivity index (χ1) is 19.6. The van der Waals surface area contributed by atoms with Gasteiger partial charge in [-0.15, -0.1) is 0 Å². The number of benzene rings is 1. The van der Waals surface area contributed by atoms with Crippen LogP contribution in [0.1, 0.15) is 37.9 Å². The fourth-order valence-electron chi connectivity index (χ4n) is 4.13. The van der Waals surface area contributed by atoms with Gasteiger partial charge in [0.05, 0.1) is 42.2 Å². The number of aromatic hydroxyl groups is 1. The maximum atomic E-state index is 13.7. The zero-order valence-corrected chi connectivity index (χ0v) is 23.2. The van der Waals surface area contributed by atoms with Gasteiger partial charge in [0.1, 0.15) is 5.56 Å². The molecule has 1 atom stereocenters. The third-order valence-electron chi connectivity index (χ3n) is 5.91. The minimum atomic E-state index is -1.02. The number of esters is 2. The monoisotopic (exact) mass is 586 g/mol. The van der Waals surface area contributed by atoms with Crippen LogP contribution in [-0.4, -0.2) is 58.5 Å². The minimum absolute atomic E-state index is 0.00238. The molecular formula is C26H26N4O10S. The van der Waals surface area contributed by atoms with E-state index in [1.165, 1.54) is 17.7 Å². The molecule has 0 amide bonds. The average Bonchev–Trinajstić information content (AvgIpc) is 3.23. The van der Waals surface area contributed by atoms with Crippen LogP contribution in [0.3, 0.4) is 0 Å². The number of nitrogens with zero attached hydrogens (tertiary/aromatic N) is 2. The first kappa shape index (κ1) is 29.1. The van der Waals surface area contributed by atoms with Gasteiger partial charge in [-0.2, -0.15) is 0 Å². The number of ether oxygens (including phenoxy) is 4. The van der Waals surface area contributed by atoms with E-state index in [2.05, 4.69) is 14.7 Å². The number of aromatic nitrogens is 3. The van der Waals surface area contributed by atoms with Crippen molar-refractivity contribution in [1.29, 1.82) is 0 Å². The number of fused-ring (bicyclic) bond motifs is 1. The van der Waals surface area contributed by atoms with Gasteiger partial charge < -0.3 is 24.1 Å². The van der Waals surface area contributed by atoms with Gasteiger partial charge in [-0.05, 0) is 44.5 Å². The molecule has 3 heterocycles. The predicted octanol–water partition coefficient (Wildman–Crippen LogP) is -0.169. The number of thiazole rings is 1. The molecule has 15 heteroatoms. The summed E-state index contributed by atoms with van der Waals surface area (Å²) in [6.45, 7) is 4.96. The maximum absolute atomic E-state index is 13.7. The molecule has 1 aliphatic heterocycles. The molecule has 0 unspecified atom stereocenters. The summed E-state index contributed by atoms with van der Waals surface area (Å²) in [4.78, 5) is 71.0. The molecule has 2 aromatic heterocycles. The molecule has 1 aliphatic rings. The molecule has 3 N–H and O–H groups in total. The molecule has 0 bridgehead atoms. The highest BCUT2D eigenvalue weighted by atomic mass is 32.1. The van der Waals surface area contributed by atoms with E-state index in [4.69, 9.17) is 14.2 Å². The number of carbonyl (C=O) groups excluding carboxylic acids is 2. The van der Waals surface area contributed by atoms with E-state index in [1.807, 2.05) is 4.98 Å². The molecule has 0 saturated heterocycles. The average molecular weight is 587 g/mol. The number of methoxy groups -OCH3 is 1. The summed E-state index contributed by atoms with van der Waals surface area (Å²) in [6.07, 6.45) is 1.13. The van der Waals surface area contributed by atoms with Crippen molar-refractivity contribution < 1.29 is 33.6 Å². The van der Waals surface area contributed by atoms with Crippen molar-refractivity contribution in [3.05, 3.63) is 81.1 Å². The number of hydrogen-bond acceptors (Lipinski definition) is 12. The van der Waals surface area contributed by atoms with Crippen molar-refractivity contribution in [2.24, 2.45) is 4.99 Å². The fraction of sp³-hybridized carbons (Fsp3) is 0.308. The molecule has 14 nitrogen and oxygen atoms in total. The molecule has 3 aromatic rings. The number of allylic oxidation sites excluding steroid dienone is 1. The first-order valence-electron chi connectivity index (χ1n) is 12.3. The Hall–Kier alpha value is -4.92. The standard InChI is InChI=1S/C26H26N4O10S/c1-5-38-16-9-13(7-8-15(16)40-11-18(31)37-4)20-19(24(35)39-6-2)12(3)27-26-30(20)23(34)17(41-26)10-14-21(32)28-25(36)29-22(14)33/h7-10,20H,5-6,11H2,1-4H3,(H3,28,29,32,33,36)/b17-10+/t20-/m0/s1. The van der Waals surface area contributed by atoms with Gasteiger partial charge >= 0.3 is 17.6 Å². The predicted molar refractivity (Wildman–Crippen MR) is 145 cm³/mol. The van der Waals surface area contributed by atoms with Crippen LogP contribution in [0.2, 0.25) is 0 Å². The van der Waals surface area contributed by atoms with Crippen LogP contribution in [0.15, 0.2) is 48.8 Å². The van der Waals surface area contributed by atoms with Crippen molar-refractivity contribution >= 4 is 29.4 Å². The number of H-pyrrole nitrogens is 2. The van der Waals surface area contributed by atoms with Crippen LogP contribution in [0, 0.1) is 0 Å². The van der Waals surface area contributed by atoms with E-state index in [0.717, 1.165) is 17.4 Å². The summed E-state index contributed by atoms with van der Waals surface area (Å²) >= 11 is 0.918. The van der Waals surface area contributed by atoms with Gasteiger partial charge in [0.15, 0.2) is 22.9 Å². The molecule has 1 aromatic carbocycles. The van der Waals surface area contributed by atoms with E-state index >= 15 is 0 Å². The summed E-state index contributed by atoms with van der Waals surface area (Å²) in [6, 6.07) is 3.69. The Labute approximate surface area is 234 Å². The smallest absolute Gasteiger partial charge is 0.343 e. The molecule has 0 aliphatic carbocycles. The largest absolute Gasteiger partial charge is 0.494 e. The lowest BCUT2D eigenvalue weighted by Crippen LogP contribution is -2.40. The quantitative estimate of drug-likeness (QED) is 0.284. The number of nitrogens with one attached hydrogen (secondary N) is 2. The summed E-state index contributed by atoms with van der Waals surface area (Å²) in [5.41, 5.74) is -1.93. The molecule has 0 radical (unpaired) electrons. The third kappa shape index (κ3) is 5.84. The Balaban J connectivity index is 1.94. The third-order valence-corrected chi connectivity index (χ3v) is 6.89. The Kier molecular flexibility index (Phi) is 8.56. The summed E-state index contributed by atoms with van der Waals surface area (Å²) in [5.74, 6) is -1.52. The number of carbonyl (C=O) groups is 2. The first-order valence-corrected chi connectivity index (χ1v) is 13.1. The van der Waals surface area contributed by atoms with Crippen molar-refractivity contribution in [1.82, 2.24) is 14.5 Å². The minimum Gasteiger partial charge on any atom is -0.494 e. The van der Waals surface area contributed by atoms with E-state index in [-0.39, 0.29) is 51.8 Å². The maximum Gasteiger partial charge on any atom is 0.343 e. The lowest BCUT2D eigenvalue weighted by Gasteiger charge is -2.25. The van der Waals surface area contributed by atoms with Gasteiger partial charge in [0, 0.05) is 0 Å². The summed E-state index contributed by atoms with van der Waals surface area (Å²) < 4.78 is 22.4. The molecule has 0 spiro atoms. The lowest BCUT2D eigenvalue weighted by molar-refractivity contribution is -0.143. The number of aromatic amines is 2. The van der Waals surface area contributed by atoms with Gasteiger partial charge in [0.2, 0.25) is 5.88 Å². The Morgan fingerprint density at radius 3 is 2.54 bits per heavy atom. The van der Waals surface area contributed by atoms with Gasteiger partial charge in [-0.1, -0.05) is 17.4 Å². The number of hydrogen-bond donors (Lipinski definition) is 3. The van der Waals surface area contributed by atoms with Crippen LogP contribution in [0.25, 0.3) is 6.08 Å². The SMILES string of the molecule is CCOC(=O)C1=C(C)N=c2s/c(=C/c3c(O)[nH]c(=O)[nH]c3=O)c(=O)n2[C@H]1c1ccc(OCC(=O)OC)c(OCC)c1. The molecule has 41 heavy (non-hydrogen) atoms. The topological polar surface area (TPSA) is 191 Å². The summed E-state index contributed by atoms with van der Waals surface area (Å²) in [5, 5.41) is 10.1. The zero-order chi connectivity index (χ0) is 29.8. The van der Waals surface area contributed by atoms with E-state index in [0.29, 0.717) is 11.3 Å². The van der Waals surface area contributed by atoms with Gasteiger partial charge in [-0.25, -0.2) is 19.4 Å².